The lowest BCUT2D eigenvalue weighted by molar-refractivity contribution is -0.116. The first-order valence-corrected chi connectivity index (χ1v) is 11.7. The van der Waals surface area contributed by atoms with E-state index in [9.17, 15) is 9.59 Å². The Morgan fingerprint density at radius 1 is 0.972 bits per heavy atom. The molecule has 0 saturated carbocycles. The number of hydrogen-bond donors (Lipinski definition) is 1. The Bertz CT molecular complexity index is 1620. The lowest BCUT2D eigenvalue weighted by Gasteiger charge is -2.12. The van der Waals surface area contributed by atoms with E-state index in [0.29, 0.717) is 22.5 Å². The quantitative estimate of drug-likeness (QED) is 0.370. The zero-order valence-electron chi connectivity index (χ0n) is 20.3. The van der Waals surface area contributed by atoms with Crippen LogP contribution in [0.2, 0.25) is 0 Å². The minimum atomic E-state index is -0.289. The third kappa shape index (κ3) is 4.65. The van der Waals surface area contributed by atoms with Gasteiger partial charge in [-0.25, -0.2) is 4.98 Å². The third-order valence-corrected chi connectivity index (χ3v) is 5.99. The maximum Gasteiger partial charge on any atom is 0.263 e. The number of benzene rings is 2. The summed E-state index contributed by atoms with van der Waals surface area (Å²) < 4.78 is 7.11. The SMILES string of the molecule is CCc1ccc(NC(=O)Cn2cc(-c3nc(-c4ccc(C)cc4)no3)c(=O)c3ccc(C)nc32)cc1. The minimum absolute atomic E-state index is 0.0469. The van der Waals surface area contributed by atoms with Gasteiger partial charge in [-0.3, -0.25) is 9.59 Å². The van der Waals surface area contributed by atoms with Crippen LogP contribution in [0.25, 0.3) is 33.9 Å². The number of aromatic nitrogens is 4. The molecule has 36 heavy (non-hydrogen) atoms. The Kier molecular flexibility index (Phi) is 6.16. The average Bonchev–Trinajstić information content (AvgIpc) is 3.36. The number of pyridine rings is 2. The second kappa shape index (κ2) is 9.58. The van der Waals surface area contributed by atoms with Crippen molar-refractivity contribution in [1.82, 2.24) is 19.7 Å². The van der Waals surface area contributed by atoms with Crippen LogP contribution >= 0.6 is 0 Å². The lowest BCUT2D eigenvalue weighted by atomic mass is 10.1. The highest BCUT2D eigenvalue weighted by Crippen LogP contribution is 2.23. The zero-order valence-corrected chi connectivity index (χ0v) is 20.3. The van der Waals surface area contributed by atoms with Crippen molar-refractivity contribution in [3.05, 3.63) is 93.9 Å². The zero-order chi connectivity index (χ0) is 25.2. The molecule has 0 fully saturated rings. The van der Waals surface area contributed by atoms with Crippen LogP contribution in [0.5, 0.6) is 0 Å². The fraction of sp³-hybridized carbons (Fsp3) is 0.179. The molecule has 0 atom stereocenters. The van der Waals surface area contributed by atoms with Crippen molar-refractivity contribution in [2.75, 3.05) is 5.32 Å². The number of nitrogens with one attached hydrogen (secondary N) is 1. The van der Waals surface area contributed by atoms with E-state index in [-0.39, 0.29) is 29.3 Å². The van der Waals surface area contributed by atoms with Crippen molar-refractivity contribution >= 4 is 22.6 Å². The molecule has 0 aliphatic rings. The number of nitrogens with zero attached hydrogens (tertiary/aromatic N) is 4. The first-order chi connectivity index (χ1) is 17.4. The van der Waals surface area contributed by atoms with Crippen LogP contribution in [0.3, 0.4) is 0 Å². The van der Waals surface area contributed by atoms with Crippen LogP contribution in [0, 0.1) is 13.8 Å². The van der Waals surface area contributed by atoms with Gasteiger partial charge >= 0.3 is 0 Å². The van der Waals surface area contributed by atoms with E-state index in [2.05, 4.69) is 27.4 Å². The van der Waals surface area contributed by atoms with Gasteiger partial charge in [0.25, 0.3) is 5.89 Å². The molecule has 1 amide bonds. The molecule has 180 valence electrons. The van der Waals surface area contributed by atoms with Crippen LogP contribution in [-0.2, 0) is 17.8 Å². The van der Waals surface area contributed by atoms with Gasteiger partial charge in [0.15, 0.2) is 0 Å². The molecule has 0 bridgehead atoms. The molecule has 0 aliphatic carbocycles. The Balaban J connectivity index is 1.52. The summed E-state index contributed by atoms with van der Waals surface area (Å²) >= 11 is 0. The number of carbonyl (C=O) groups is 1. The Morgan fingerprint density at radius 3 is 2.44 bits per heavy atom. The number of hydrogen-bond acceptors (Lipinski definition) is 6. The number of rotatable bonds is 6. The maximum atomic E-state index is 13.3. The normalized spacial score (nSPS) is 11.1. The molecule has 0 saturated heterocycles. The van der Waals surface area contributed by atoms with Crippen molar-refractivity contribution in [2.45, 2.75) is 33.7 Å². The summed E-state index contributed by atoms with van der Waals surface area (Å²) in [6.07, 6.45) is 2.48. The largest absolute Gasteiger partial charge is 0.333 e. The standard InChI is InChI=1S/C28H25N5O3/c1-4-19-8-12-21(13-9-19)30-24(34)16-33-15-23(25(35)22-14-7-18(3)29-27(22)33)28-31-26(32-36-28)20-10-5-17(2)6-11-20/h5-15H,4,16H2,1-3H3,(H,30,34). The van der Waals surface area contributed by atoms with Crippen molar-refractivity contribution in [3.8, 4) is 22.8 Å². The molecule has 0 radical (unpaired) electrons. The first-order valence-electron chi connectivity index (χ1n) is 11.7. The predicted octanol–water partition coefficient (Wildman–Crippen LogP) is 4.93. The van der Waals surface area contributed by atoms with Gasteiger partial charge < -0.3 is 14.4 Å². The highest BCUT2D eigenvalue weighted by molar-refractivity contribution is 5.92. The molecule has 0 aliphatic heterocycles. The molecule has 3 heterocycles. The van der Waals surface area contributed by atoms with E-state index in [1.807, 2.05) is 62.4 Å². The molecule has 8 nitrogen and oxygen atoms in total. The molecule has 3 aromatic heterocycles. The van der Waals surface area contributed by atoms with Gasteiger partial charge in [-0.15, -0.1) is 0 Å². The van der Waals surface area contributed by atoms with E-state index in [1.54, 1.807) is 22.9 Å². The van der Waals surface area contributed by atoms with Crippen molar-refractivity contribution in [3.63, 3.8) is 0 Å². The van der Waals surface area contributed by atoms with Gasteiger partial charge in [0.1, 0.15) is 17.8 Å². The highest BCUT2D eigenvalue weighted by Gasteiger charge is 2.19. The van der Waals surface area contributed by atoms with Gasteiger partial charge in [-0.2, -0.15) is 4.98 Å². The smallest absolute Gasteiger partial charge is 0.263 e. The van der Waals surface area contributed by atoms with E-state index in [4.69, 9.17) is 4.52 Å². The van der Waals surface area contributed by atoms with Crippen LogP contribution in [0.1, 0.15) is 23.7 Å². The summed E-state index contributed by atoms with van der Waals surface area (Å²) in [5.41, 5.74) is 4.85. The van der Waals surface area contributed by atoms with Crippen LogP contribution < -0.4 is 10.7 Å². The number of aryl methyl sites for hydroxylation is 3. The fourth-order valence-corrected chi connectivity index (χ4v) is 3.96. The number of fused-ring (bicyclic) bond motifs is 1. The van der Waals surface area contributed by atoms with Crippen LogP contribution in [0.4, 0.5) is 5.69 Å². The summed E-state index contributed by atoms with van der Waals surface area (Å²) in [5, 5.41) is 7.34. The predicted molar refractivity (Wildman–Crippen MR) is 139 cm³/mol. The van der Waals surface area contributed by atoms with Gasteiger partial charge in [0.2, 0.25) is 17.2 Å². The molecular weight excluding hydrogens is 454 g/mol. The molecule has 1 N–H and O–H groups in total. The van der Waals surface area contributed by atoms with Crippen LogP contribution in [0.15, 0.2) is 76.2 Å². The first kappa shape index (κ1) is 23.2. The summed E-state index contributed by atoms with van der Waals surface area (Å²) in [6, 6.07) is 18.9. The van der Waals surface area contributed by atoms with E-state index >= 15 is 0 Å². The second-order valence-electron chi connectivity index (χ2n) is 8.71. The summed E-state index contributed by atoms with van der Waals surface area (Å²) in [6.45, 7) is 5.86. The summed E-state index contributed by atoms with van der Waals surface area (Å²) in [7, 11) is 0. The molecule has 0 unspecified atom stereocenters. The second-order valence-corrected chi connectivity index (χ2v) is 8.71. The fourth-order valence-electron chi connectivity index (χ4n) is 3.96. The Morgan fingerprint density at radius 2 is 1.72 bits per heavy atom. The Labute approximate surface area is 207 Å². The topological polar surface area (TPSA) is 103 Å². The van der Waals surface area contributed by atoms with Crippen molar-refractivity contribution < 1.29 is 9.32 Å². The van der Waals surface area contributed by atoms with Crippen molar-refractivity contribution in [1.29, 1.82) is 0 Å². The van der Waals surface area contributed by atoms with E-state index in [0.717, 1.165) is 23.2 Å². The molecule has 2 aromatic carbocycles. The maximum absolute atomic E-state index is 13.3. The molecule has 8 heteroatoms. The highest BCUT2D eigenvalue weighted by atomic mass is 16.5. The van der Waals surface area contributed by atoms with E-state index < -0.39 is 0 Å². The minimum Gasteiger partial charge on any atom is -0.333 e. The monoisotopic (exact) mass is 479 g/mol. The molecule has 5 rings (SSSR count). The number of carbonyl (C=O) groups excluding carboxylic acids is 1. The van der Waals surface area contributed by atoms with Gasteiger partial charge in [-0.05, 0) is 50.1 Å². The lowest BCUT2D eigenvalue weighted by Crippen LogP contribution is -2.22. The van der Waals surface area contributed by atoms with Gasteiger partial charge in [0, 0.05) is 23.1 Å². The van der Waals surface area contributed by atoms with Gasteiger partial charge in [-0.1, -0.05) is 54.0 Å². The van der Waals surface area contributed by atoms with Gasteiger partial charge in [0.05, 0.1) is 5.39 Å². The molecule has 5 aromatic rings. The van der Waals surface area contributed by atoms with E-state index in [1.165, 1.54) is 5.56 Å². The number of amides is 1. The van der Waals surface area contributed by atoms with Crippen LogP contribution in [-0.4, -0.2) is 25.6 Å². The molecule has 0 spiro atoms. The summed E-state index contributed by atoms with van der Waals surface area (Å²) in [5.74, 6) is 0.220. The third-order valence-electron chi connectivity index (χ3n) is 5.99. The van der Waals surface area contributed by atoms with Crippen molar-refractivity contribution in [2.24, 2.45) is 0 Å². The Hall–Kier alpha value is -4.59. The number of anilines is 1. The average molecular weight is 480 g/mol. The summed E-state index contributed by atoms with van der Waals surface area (Å²) in [4.78, 5) is 35.3. The molecular formula is C28H25N5O3.